The standard InChI is InChI=1S/C28H35N5O3/c1-18-4-3-5-22(14-18)30-16-26(34)32-17-27(35)33(23-7-8-23)24-9-6-21(15-25(24)32)28(36)31-19(2)20-10-12-29-13-11-20/h6,9-13,15,18-19,22-23,30H,3-5,7-8,14,16-17H2,1-2H3,(H,31,36). The van der Waals surface area contributed by atoms with Crippen molar-refractivity contribution in [3.05, 3.63) is 53.9 Å². The van der Waals surface area contributed by atoms with E-state index < -0.39 is 0 Å². The Labute approximate surface area is 212 Å². The fourth-order valence-corrected chi connectivity index (χ4v) is 5.43. The number of aromatic nitrogens is 1. The van der Waals surface area contributed by atoms with Crippen LogP contribution in [0.25, 0.3) is 0 Å². The average molecular weight is 490 g/mol. The maximum Gasteiger partial charge on any atom is 0.251 e. The van der Waals surface area contributed by atoms with E-state index in [1.807, 2.05) is 30.0 Å². The van der Waals surface area contributed by atoms with Gasteiger partial charge < -0.3 is 15.5 Å². The van der Waals surface area contributed by atoms with Crippen molar-refractivity contribution in [3.8, 4) is 0 Å². The molecule has 8 heteroatoms. The highest BCUT2D eigenvalue weighted by molar-refractivity contribution is 6.13. The molecule has 0 saturated heterocycles. The van der Waals surface area contributed by atoms with Gasteiger partial charge in [0.25, 0.3) is 5.91 Å². The van der Waals surface area contributed by atoms with E-state index in [0.29, 0.717) is 28.9 Å². The van der Waals surface area contributed by atoms with Gasteiger partial charge in [-0.15, -0.1) is 0 Å². The molecule has 36 heavy (non-hydrogen) atoms. The third kappa shape index (κ3) is 5.28. The highest BCUT2D eigenvalue weighted by atomic mass is 16.2. The molecule has 2 saturated carbocycles. The van der Waals surface area contributed by atoms with E-state index in [2.05, 4.69) is 22.5 Å². The summed E-state index contributed by atoms with van der Waals surface area (Å²) in [6, 6.07) is 9.37. The van der Waals surface area contributed by atoms with Gasteiger partial charge in [0, 0.05) is 30.0 Å². The number of nitrogens with one attached hydrogen (secondary N) is 2. The first-order valence-electron chi connectivity index (χ1n) is 13.1. The zero-order valence-corrected chi connectivity index (χ0v) is 21.1. The predicted molar refractivity (Wildman–Crippen MR) is 139 cm³/mol. The Morgan fingerprint density at radius 2 is 1.86 bits per heavy atom. The zero-order valence-electron chi connectivity index (χ0n) is 21.1. The number of fused-ring (bicyclic) bond motifs is 1. The quantitative estimate of drug-likeness (QED) is 0.620. The van der Waals surface area contributed by atoms with Crippen LogP contribution < -0.4 is 20.4 Å². The molecule has 2 fully saturated rings. The lowest BCUT2D eigenvalue weighted by molar-refractivity contribution is -0.122. The SMILES string of the molecule is CC1CCCC(NCC(=O)N2CC(=O)N(C3CC3)c3ccc(C(=O)NC(C)c4ccncc4)cc32)C1. The van der Waals surface area contributed by atoms with E-state index in [9.17, 15) is 14.4 Å². The number of hydrogen-bond acceptors (Lipinski definition) is 5. The number of nitrogens with zero attached hydrogens (tertiary/aromatic N) is 3. The molecule has 1 aromatic heterocycles. The highest BCUT2D eigenvalue weighted by Crippen LogP contribution is 2.41. The second-order valence-electron chi connectivity index (χ2n) is 10.5. The van der Waals surface area contributed by atoms with E-state index in [1.54, 1.807) is 29.4 Å². The molecule has 3 aliphatic rings. The van der Waals surface area contributed by atoms with Crippen LogP contribution in [0.1, 0.15) is 74.3 Å². The maximum atomic E-state index is 13.4. The number of amides is 3. The van der Waals surface area contributed by atoms with Crippen LogP contribution >= 0.6 is 0 Å². The largest absolute Gasteiger partial charge is 0.346 e. The third-order valence-corrected chi connectivity index (χ3v) is 7.60. The van der Waals surface area contributed by atoms with Crippen molar-refractivity contribution in [3.63, 3.8) is 0 Å². The Balaban J connectivity index is 1.36. The lowest BCUT2D eigenvalue weighted by atomic mass is 9.87. The van der Waals surface area contributed by atoms with Gasteiger partial charge in [0.15, 0.2) is 0 Å². The van der Waals surface area contributed by atoms with Gasteiger partial charge in [0.2, 0.25) is 11.8 Å². The second kappa shape index (κ2) is 10.4. The lowest BCUT2D eigenvalue weighted by Crippen LogP contribution is -2.52. The lowest BCUT2D eigenvalue weighted by Gasteiger charge is -2.37. The van der Waals surface area contributed by atoms with E-state index in [0.717, 1.165) is 31.2 Å². The van der Waals surface area contributed by atoms with Gasteiger partial charge >= 0.3 is 0 Å². The summed E-state index contributed by atoms with van der Waals surface area (Å²) in [5, 5.41) is 6.45. The minimum absolute atomic E-state index is 0.00354. The zero-order chi connectivity index (χ0) is 25.2. The smallest absolute Gasteiger partial charge is 0.251 e. The summed E-state index contributed by atoms with van der Waals surface area (Å²) in [6.07, 6.45) is 9.88. The molecule has 0 radical (unpaired) electrons. The number of benzene rings is 1. The summed E-state index contributed by atoms with van der Waals surface area (Å²) in [4.78, 5) is 46.9. The first-order valence-corrected chi connectivity index (χ1v) is 13.1. The molecule has 2 heterocycles. The molecule has 3 amide bonds. The molecular formula is C28H35N5O3. The molecule has 1 aromatic carbocycles. The van der Waals surface area contributed by atoms with Gasteiger partial charge in [0.1, 0.15) is 6.54 Å². The van der Waals surface area contributed by atoms with Crippen LogP contribution in [0.3, 0.4) is 0 Å². The van der Waals surface area contributed by atoms with Crippen molar-refractivity contribution in [1.82, 2.24) is 15.6 Å². The predicted octanol–water partition coefficient (Wildman–Crippen LogP) is 3.58. The molecular weight excluding hydrogens is 454 g/mol. The molecule has 8 nitrogen and oxygen atoms in total. The Morgan fingerprint density at radius 3 is 2.58 bits per heavy atom. The van der Waals surface area contributed by atoms with Crippen LogP contribution in [0.5, 0.6) is 0 Å². The minimum atomic E-state index is -0.223. The molecule has 0 spiro atoms. The van der Waals surface area contributed by atoms with Crippen molar-refractivity contribution in [1.29, 1.82) is 0 Å². The fourth-order valence-electron chi connectivity index (χ4n) is 5.43. The van der Waals surface area contributed by atoms with E-state index in [1.165, 1.54) is 12.8 Å². The first-order chi connectivity index (χ1) is 17.4. The van der Waals surface area contributed by atoms with Crippen LogP contribution in [0.4, 0.5) is 11.4 Å². The summed E-state index contributed by atoms with van der Waals surface area (Å²) in [7, 11) is 0. The number of hydrogen-bond donors (Lipinski definition) is 2. The molecule has 2 aromatic rings. The van der Waals surface area contributed by atoms with Crippen molar-refractivity contribution in [2.45, 2.75) is 70.5 Å². The molecule has 5 rings (SSSR count). The van der Waals surface area contributed by atoms with Gasteiger partial charge in [0.05, 0.1) is 24.0 Å². The van der Waals surface area contributed by atoms with E-state index in [4.69, 9.17) is 0 Å². The first kappa shape index (κ1) is 24.4. The molecule has 3 atom stereocenters. The van der Waals surface area contributed by atoms with Crippen LogP contribution in [0.2, 0.25) is 0 Å². The van der Waals surface area contributed by atoms with Crippen LogP contribution in [0, 0.1) is 5.92 Å². The monoisotopic (exact) mass is 489 g/mol. The van der Waals surface area contributed by atoms with Crippen LogP contribution in [-0.4, -0.2) is 47.9 Å². The Bertz CT molecular complexity index is 1130. The van der Waals surface area contributed by atoms with Crippen molar-refractivity contribution >= 4 is 29.1 Å². The summed E-state index contributed by atoms with van der Waals surface area (Å²) < 4.78 is 0. The van der Waals surface area contributed by atoms with E-state index in [-0.39, 0.29) is 42.9 Å². The topological polar surface area (TPSA) is 94.6 Å². The Morgan fingerprint density at radius 1 is 1.08 bits per heavy atom. The molecule has 3 unspecified atom stereocenters. The normalized spacial score (nSPS) is 22.7. The minimum Gasteiger partial charge on any atom is -0.346 e. The number of anilines is 2. The highest BCUT2D eigenvalue weighted by Gasteiger charge is 2.41. The van der Waals surface area contributed by atoms with E-state index >= 15 is 0 Å². The summed E-state index contributed by atoms with van der Waals surface area (Å²) in [5.74, 6) is 0.235. The Kier molecular flexibility index (Phi) is 7.05. The Hall–Kier alpha value is -3.26. The molecule has 2 aliphatic carbocycles. The van der Waals surface area contributed by atoms with Crippen LogP contribution in [0.15, 0.2) is 42.7 Å². The number of pyridine rings is 1. The summed E-state index contributed by atoms with van der Waals surface area (Å²) >= 11 is 0. The third-order valence-electron chi connectivity index (χ3n) is 7.60. The van der Waals surface area contributed by atoms with Crippen molar-refractivity contribution in [2.75, 3.05) is 22.9 Å². The van der Waals surface area contributed by atoms with Crippen molar-refractivity contribution < 1.29 is 14.4 Å². The number of rotatable bonds is 7. The molecule has 1 aliphatic heterocycles. The summed E-state index contributed by atoms with van der Waals surface area (Å²) in [5.41, 5.74) is 2.77. The molecule has 190 valence electrons. The van der Waals surface area contributed by atoms with Crippen LogP contribution in [-0.2, 0) is 9.59 Å². The van der Waals surface area contributed by atoms with Gasteiger partial charge in [-0.3, -0.25) is 24.3 Å². The maximum absolute atomic E-state index is 13.4. The number of carbonyl (C=O) groups is 3. The fraction of sp³-hybridized carbons (Fsp3) is 0.500. The van der Waals surface area contributed by atoms with Gasteiger partial charge in [-0.1, -0.05) is 19.8 Å². The van der Waals surface area contributed by atoms with Gasteiger partial charge in [-0.05, 0) is 74.4 Å². The number of carbonyl (C=O) groups excluding carboxylic acids is 3. The van der Waals surface area contributed by atoms with Gasteiger partial charge in [-0.2, -0.15) is 0 Å². The van der Waals surface area contributed by atoms with Gasteiger partial charge in [-0.25, -0.2) is 0 Å². The second-order valence-corrected chi connectivity index (χ2v) is 10.5. The summed E-state index contributed by atoms with van der Waals surface area (Å²) in [6.45, 7) is 4.36. The molecule has 2 N–H and O–H groups in total. The average Bonchev–Trinajstić information content (AvgIpc) is 3.72. The molecule has 0 bridgehead atoms. The van der Waals surface area contributed by atoms with Crippen molar-refractivity contribution in [2.24, 2.45) is 5.92 Å².